The van der Waals surface area contributed by atoms with Gasteiger partial charge in [0.2, 0.25) is 0 Å². The molecule has 1 fully saturated rings. The Kier molecular flexibility index (Phi) is 4.44. The molecule has 0 aliphatic heterocycles. The molecule has 1 aromatic carbocycles. The predicted molar refractivity (Wildman–Crippen MR) is 75.3 cm³/mol. The third-order valence-electron chi connectivity index (χ3n) is 3.51. The Balaban J connectivity index is 2.25. The Morgan fingerprint density at radius 2 is 2.05 bits per heavy atom. The molecule has 0 radical (unpaired) electrons. The lowest BCUT2D eigenvalue weighted by atomic mass is 10.1. The van der Waals surface area contributed by atoms with Gasteiger partial charge in [0.25, 0.3) is 5.91 Å². The molecule has 0 saturated heterocycles. The van der Waals surface area contributed by atoms with E-state index in [9.17, 15) is 18.0 Å². The van der Waals surface area contributed by atoms with Gasteiger partial charge in [0, 0.05) is 31.4 Å². The molecule has 1 saturated carbocycles. The fraction of sp³-hybridized carbons (Fsp3) is 0.533. The van der Waals surface area contributed by atoms with Crippen molar-refractivity contribution in [3.05, 3.63) is 29.3 Å². The average molecular weight is 300 g/mol. The lowest BCUT2D eigenvalue weighted by molar-refractivity contribution is -0.137. The standard InChI is InChI=1S/C15H19F3N2O/c1-3-19-13-7-6-11(8-12(13)15(16,17)18)14(21)20(2)9-10-4-5-10/h6-8,10,19H,3-5,9H2,1-2H3. The summed E-state index contributed by atoms with van der Waals surface area (Å²) in [5.74, 6) is 0.137. The van der Waals surface area contributed by atoms with Crippen molar-refractivity contribution in [2.75, 3.05) is 25.5 Å². The minimum Gasteiger partial charge on any atom is -0.385 e. The SMILES string of the molecule is CCNc1ccc(C(=O)N(C)CC2CC2)cc1C(F)(F)F. The smallest absolute Gasteiger partial charge is 0.385 e. The van der Waals surface area contributed by atoms with Gasteiger partial charge in [-0.3, -0.25) is 4.79 Å². The van der Waals surface area contributed by atoms with Gasteiger partial charge < -0.3 is 10.2 Å². The van der Waals surface area contributed by atoms with Gasteiger partial charge in [0.15, 0.2) is 0 Å². The zero-order valence-corrected chi connectivity index (χ0v) is 12.1. The van der Waals surface area contributed by atoms with E-state index in [2.05, 4.69) is 5.32 Å². The van der Waals surface area contributed by atoms with Gasteiger partial charge in [0.1, 0.15) is 0 Å². The summed E-state index contributed by atoms with van der Waals surface area (Å²) in [5.41, 5.74) is -0.714. The third kappa shape index (κ3) is 3.89. The van der Waals surface area contributed by atoms with E-state index in [0.717, 1.165) is 18.9 Å². The van der Waals surface area contributed by atoms with Crippen LogP contribution in [0.3, 0.4) is 0 Å². The number of halogens is 3. The highest BCUT2D eigenvalue weighted by Crippen LogP contribution is 2.36. The van der Waals surface area contributed by atoms with Crippen LogP contribution >= 0.6 is 0 Å². The molecule has 3 nitrogen and oxygen atoms in total. The second kappa shape index (κ2) is 5.95. The largest absolute Gasteiger partial charge is 0.418 e. The topological polar surface area (TPSA) is 32.3 Å². The Morgan fingerprint density at radius 1 is 1.38 bits per heavy atom. The first-order valence-electron chi connectivity index (χ1n) is 7.03. The number of hydrogen-bond donors (Lipinski definition) is 1. The maximum atomic E-state index is 13.1. The predicted octanol–water partition coefficient (Wildman–Crippen LogP) is 3.62. The van der Waals surface area contributed by atoms with Crippen LogP contribution in [0.15, 0.2) is 18.2 Å². The molecule has 0 heterocycles. The second-order valence-electron chi connectivity index (χ2n) is 5.42. The monoisotopic (exact) mass is 300 g/mol. The van der Waals surface area contributed by atoms with Crippen molar-refractivity contribution >= 4 is 11.6 Å². The zero-order chi connectivity index (χ0) is 15.6. The fourth-order valence-electron chi connectivity index (χ4n) is 2.25. The number of amides is 1. The minimum absolute atomic E-state index is 0.00592. The normalized spacial score (nSPS) is 14.9. The van der Waals surface area contributed by atoms with Gasteiger partial charge in [-0.2, -0.15) is 13.2 Å². The number of nitrogens with one attached hydrogen (secondary N) is 1. The molecule has 116 valence electrons. The summed E-state index contributed by atoms with van der Waals surface area (Å²) >= 11 is 0. The highest BCUT2D eigenvalue weighted by molar-refractivity contribution is 5.94. The highest BCUT2D eigenvalue weighted by Gasteiger charge is 2.34. The first-order valence-corrected chi connectivity index (χ1v) is 7.03. The maximum absolute atomic E-state index is 13.1. The number of nitrogens with zero attached hydrogens (tertiary/aromatic N) is 1. The molecule has 1 amide bonds. The average Bonchev–Trinajstić information content (AvgIpc) is 3.21. The molecule has 0 spiro atoms. The van der Waals surface area contributed by atoms with Crippen LogP contribution in [0.1, 0.15) is 35.7 Å². The van der Waals surface area contributed by atoms with Gasteiger partial charge in [-0.25, -0.2) is 0 Å². The lowest BCUT2D eigenvalue weighted by Crippen LogP contribution is -2.29. The second-order valence-corrected chi connectivity index (χ2v) is 5.42. The van der Waals surface area contributed by atoms with E-state index in [0.29, 0.717) is 19.0 Å². The summed E-state index contributed by atoms with van der Waals surface area (Å²) in [5, 5.41) is 2.68. The number of hydrogen-bond acceptors (Lipinski definition) is 2. The molecule has 0 aromatic heterocycles. The van der Waals surface area contributed by atoms with Gasteiger partial charge in [-0.05, 0) is 43.9 Å². The molecular weight excluding hydrogens is 281 g/mol. The van der Waals surface area contributed by atoms with Gasteiger partial charge in [-0.15, -0.1) is 0 Å². The molecular formula is C15H19F3N2O. The van der Waals surface area contributed by atoms with Gasteiger partial charge in [-0.1, -0.05) is 0 Å². The first kappa shape index (κ1) is 15.7. The van der Waals surface area contributed by atoms with Crippen molar-refractivity contribution < 1.29 is 18.0 Å². The Bertz CT molecular complexity index is 524. The van der Waals surface area contributed by atoms with Crippen LogP contribution in [0.5, 0.6) is 0 Å². The van der Waals surface area contributed by atoms with E-state index < -0.39 is 11.7 Å². The highest BCUT2D eigenvalue weighted by atomic mass is 19.4. The van der Waals surface area contributed by atoms with Crippen molar-refractivity contribution in [2.24, 2.45) is 5.92 Å². The van der Waals surface area contributed by atoms with Crippen LogP contribution in [0.2, 0.25) is 0 Å². The van der Waals surface area contributed by atoms with E-state index >= 15 is 0 Å². The summed E-state index contributed by atoms with van der Waals surface area (Å²) in [6.07, 6.45) is -2.31. The lowest BCUT2D eigenvalue weighted by Gasteiger charge is -2.19. The van der Waals surface area contributed by atoms with Crippen molar-refractivity contribution in [1.29, 1.82) is 0 Å². The van der Waals surface area contributed by atoms with Crippen LogP contribution in [0, 0.1) is 5.92 Å². The first-order chi connectivity index (χ1) is 9.82. The number of rotatable bonds is 5. The molecule has 0 bridgehead atoms. The molecule has 1 aromatic rings. The van der Waals surface area contributed by atoms with Crippen LogP contribution in [0.25, 0.3) is 0 Å². The van der Waals surface area contributed by atoms with Crippen LogP contribution in [0.4, 0.5) is 18.9 Å². The van der Waals surface area contributed by atoms with E-state index in [1.807, 2.05) is 0 Å². The van der Waals surface area contributed by atoms with E-state index in [1.54, 1.807) is 14.0 Å². The number of alkyl halides is 3. The number of carbonyl (C=O) groups is 1. The van der Waals surface area contributed by atoms with E-state index in [1.165, 1.54) is 17.0 Å². The fourth-order valence-corrected chi connectivity index (χ4v) is 2.25. The van der Waals surface area contributed by atoms with Crippen LogP contribution < -0.4 is 5.32 Å². The molecule has 1 aliphatic rings. The summed E-state index contributed by atoms with van der Waals surface area (Å²) in [6, 6.07) is 3.70. The summed E-state index contributed by atoms with van der Waals surface area (Å²) in [6.45, 7) is 2.72. The van der Waals surface area contributed by atoms with Crippen LogP contribution in [-0.2, 0) is 6.18 Å². The molecule has 6 heteroatoms. The number of benzene rings is 1. The molecule has 0 atom stereocenters. The van der Waals surface area contributed by atoms with Crippen molar-refractivity contribution in [1.82, 2.24) is 4.90 Å². The minimum atomic E-state index is -4.48. The number of carbonyl (C=O) groups excluding carboxylic acids is 1. The molecule has 1 N–H and O–H groups in total. The molecule has 21 heavy (non-hydrogen) atoms. The quantitative estimate of drug-likeness (QED) is 0.901. The Labute approximate surface area is 122 Å². The van der Waals surface area contributed by atoms with E-state index in [4.69, 9.17) is 0 Å². The molecule has 2 rings (SSSR count). The van der Waals surface area contributed by atoms with Crippen LogP contribution in [-0.4, -0.2) is 30.9 Å². The zero-order valence-electron chi connectivity index (χ0n) is 12.1. The van der Waals surface area contributed by atoms with Crippen molar-refractivity contribution in [2.45, 2.75) is 25.9 Å². The summed E-state index contributed by atoms with van der Waals surface area (Å²) < 4.78 is 39.2. The molecule has 0 unspecified atom stereocenters. The summed E-state index contributed by atoms with van der Waals surface area (Å²) in [7, 11) is 1.63. The maximum Gasteiger partial charge on any atom is 0.418 e. The summed E-state index contributed by atoms with van der Waals surface area (Å²) in [4.78, 5) is 13.7. The Hall–Kier alpha value is -1.72. The third-order valence-corrected chi connectivity index (χ3v) is 3.51. The Morgan fingerprint density at radius 3 is 2.57 bits per heavy atom. The number of anilines is 1. The van der Waals surface area contributed by atoms with Gasteiger partial charge >= 0.3 is 6.18 Å². The van der Waals surface area contributed by atoms with Crippen molar-refractivity contribution in [3.8, 4) is 0 Å². The molecule has 1 aliphatic carbocycles. The van der Waals surface area contributed by atoms with Crippen molar-refractivity contribution in [3.63, 3.8) is 0 Å². The van der Waals surface area contributed by atoms with Gasteiger partial charge in [0.05, 0.1) is 5.56 Å². The van der Waals surface area contributed by atoms with E-state index in [-0.39, 0.29) is 17.2 Å².